The van der Waals surface area contributed by atoms with Crippen LogP contribution in [0.2, 0.25) is 0 Å². The Morgan fingerprint density at radius 2 is 0.790 bits per heavy atom. The number of aryl methyl sites for hydroxylation is 4. The van der Waals surface area contributed by atoms with Crippen LogP contribution in [0, 0.1) is 45.6 Å². The van der Waals surface area contributed by atoms with Gasteiger partial charge in [0.05, 0.1) is 18.3 Å². The number of rotatable bonds is 6. The number of anilines is 3. The maximum atomic E-state index is 9.79. The molecule has 0 heterocycles. The van der Waals surface area contributed by atoms with Gasteiger partial charge < -0.3 is 4.90 Å². The minimum absolute atomic E-state index is 0.0312. The molecule has 0 saturated carbocycles. The highest BCUT2D eigenvalue weighted by molar-refractivity contribution is 6.30. The van der Waals surface area contributed by atoms with Crippen LogP contribution in [0.5, 0.6) is 0 Å². The van der Waals surface area contributed by atoms with E-state index in [1.54, 1.807) is 6.08 Å². The summed E-state index contributed by atoms with van der Waals surface area (Å²) in [6.45, 7) is 30.2. The summed E-state index contributed by atoms with van der Waals surface area (Å²) < 4.78 is 0. The van der Waals surface area contributed by atoms with Gasteiger partial charge in [0.1, 0.15) is 0 Å². The zero-order valence-corrected chi connectivity index (χ0v) is 47.7. The lowest BCUT2D eigenvalue weighted by atomic mass is 9.84. The topological polar surface area (TPSA) is 31.4 Å². The van der Waals surface area contributed by atoms with Gasteiger partial charge in [-0.3, -0.25) is 0 Å². The standard InChI is InChI=1S/C78H61N3/c1-44-30-45(2)33-49(32-44)62-37-71-70(72-41-64-57-15-12-14-56-48(36-53(43-79)80-11)18-27-59(75(56)57)66(64)39-68(62)72)38-63(50-34-46(3)31-47(4)35-50)69-40-67-60-28-29-74(61-17-13-16-58(76(60)61)65(67)42-73(69)71)81(54-23-19-51(20-24-54)77(5,6)7)55-25-21-52(22-26-55)78(8,9)10/h12-42H,1-10H3/b53-36-. The SMILES string of the molecule is [C-]#[N+]/C(C#N)=C\c1ccc2c3c(cccc13)-c1cc3c(cc1-2)c(-c1cc(C)cc(C)c1)cc1c2cc4c(cc2c(-c2cc(C)cc(C)c2)cc31)-c1ccc(N(c2ccc(C(C)(C)C)cc2)c2ccc(C(C)(C)C)cc2)c2cccc-4c12. The fraction of sp³-hybridized carbons (Fsp3) is 0.154. The van der Waals surface area contributed by atoms with Gasteiger partial charge >= 0.3 is 0 Å². The van der Waals surface area contributed by atoms with Crippen molar-refractivity contribution in [2.45, 2.75) is 80.1 Å². The third-order valence-electron chi connectivity index (χ3n) is 17.4. The Morgan fingerprint density at radius 3 is 1.22 bits per heavy atom. The van der Waals surface area contributed by atoms with Crippen LogP contribution in [0.3, 0.4) is 0 Å². The van der Waals surface area contributed by atoms with Crippen LogP contribution in [0.15, 0.2) is 188 Å². The lowest BCUT2D eigenvalue weighted by Crippen LogP contribution is -2.14. The average Bonchev–Trinajstić information content (AvgIpc) is 2.91. The van der Waals surface area contributed by atoms with Gasteiger partial charge in [-0.25, -0.2) is 10.1 Å². The van der Waals surface area contributed by atoms with Crippen LogP contribution in [0.25, 0.3) is 132 Å². The molecule has 0 saturated heterocycles. The van der Waals surface area contributed by atoms with Crippen LogP contribution < -0.4 is 4.90 Å². The second-order valence-electron chi connectivity index (χ2n) is 25.1. The molecule has 0 radical (unpaired) electrons. The average molecular weight is 1040 g/mol. The van der Waals surface area contributed by atoms with Gasteiger partial charge in [0, 0.05) is 16.8 Å². The largest absolute Gasteiger partial charge is 0.310 e. The molecule has 0 aliphatic heterocycles. The summed E-state index contributed by atoms with van der Waals surface area (Å²) in [4.78, 5) is 5.98. The maximum Gasteiger partial charge on any atom is 0.262 e. The predicted octanol–water partition coefficient (Wildman–Crippen LogP) is 22.2. The molecule has 12 aromatic carbocycles. The van der Waals surface area contributed by atoms with Crippen molar-refractivity contribution in [2.75, 3.05) is 4.90 Å². The van der Waals surface area contributed by atoms with Gasteiger partial charge in [-0.15, -0.1) is 0 Å². The molecule has 12 aromatic rings. The Morgan fingerprint density at radius 1 is 0.407 bits per heavy atom. The zero-order valence-electron chi connectivity index (χ0n) is 47.7. The number of hydrogen-bond acceptors (Lipinski definition) is 2. The molecular formula is C78H61N3. The third-order valence-corrected chi connectivity index (χ3v) is 17.4. The van der Waals surface area contributed by atoms with E-state index in [-0.39, 0.29) is 16.5 Å². The first kappa shape index (κ1) is 49.7. The summed E-state index contributed by atoms with van der Waals surface area (Å²) in [5, 5.41) is 21.8. The number of nitrogens with zero attached hydrogens (tertiary/aromatic N) is 3. The predicted molar refractivity (Wildman–Crippen MR) is 345 cm³/mol. The highest BCUT2D eigenvalue weighted by atomic mass is 15.1. The zero-order chi connectivity index (χ0) is 56.0. The van der Waals surface area contributed by atoms with Gasteiger partial charge in [-0.2, -0.15) is 0 Å². The molecule has 0 atom stereocenters. The van der Waals surface area contributed by atoms with E-state index in [4.69, 9.17) is 6.57 Å². The van der Waals surface area contributed by atoms with Gasteiger partial charge in [0.15, 0.2) is 0 Å². The Balaban J connectivity index is 1.05. The number of benzene rings is 12. The molecule has 0 unspecified atom stereocenters. The molecule has 0 amide bonds. The summed E-state index contributed by atoms with van der Waals surface area (Å²) >= 11 is 0. The van der Waals surface area contributed by atoms with E-state index in [2.05, 4.69) is 267 Å². The maximum absolute atomic E-state index is 9.79. The number of allylic oxidation sites excluding steroid dienone is 1. The van der Waals surface area contributed by atoms with Crippen LogP contribution >= 0.6 is 0 Å². The minimum Gasteiger partial charge on any atom is -0.310 e. The van der Waals surface area contributed by atoms with Gasteiger partial charge in [-0.05, 0) is 243 Å². The first-order chi connectivity index (χ1) is 38.9. The summed E-state index contributed by atoms with van der Waals surface area (Å²) in [7, 11) is 0. The van der Waals surface area contributed by atoms with E-state index < -0.39 is 0 Å². The van der Waals surface area contributed by atoms with Crippen LogP contribution in [-0.4, -0.2) is 0 Å². The summed E-state index contributed by atoms with van der Waals surface area (Å²) in [6.07, 6.45) is 1.73. The molecule has 3 nitrogen and oxygen atoms in total. The summed E-state index contributed by atoms with van der Waals surface area (Å²) in [6, 6.07) is 71.8. The molecule has 0 aromatic heterocycles. The van der Waals surface area contributed by atoms with Gasteiger partial charge in [0.25, 0.3) is 5.70 Å². The quantitative estimate of drug-likeness (QED) is 0.0944. The molecule has 81 heavy (non-hydrogen) atoms. The fourth-order valence-corrected chi connectivity index (χ4v) is 13.7. The van der Waals surface area contributed by atoms with E-state index in [9.17, 15) is 5.26 Å². The first-order valence-electron chi connectivity index (χ1n) is 28.3. The highest BCUT2D eigenvalue weighted by Crippen LogP contribution is 2.56. The van der Waals surface area contributed by atoms with E-state index in [1.807, 2.05) is 0 Å². The number of fused-ring (bicyclic) bond motifs is 11. The minimum atomic E-state index is 0.0312. The Labute approximate surface area is 475 Å². The molecule has 2 aliphatic carbocycles. The Bertz CT molecular complexity index is 4750. The molecule has 0 N–H and O–H groups in total. The highest BCUT2D eigenvalue weighted by Gasteiger charge is 2.30. The smallest absolute Gasteiger partial charge is 0.262 e. The molecule has 2 aliphatic rings. The Hall–Kier alpha value is -9.54. The first-order valence-corrected chi connectivity index (χ1v) is 28.3. The van der Waals surface area contributed by atoms with Crippen molar-refractivity contribution in [1.82, 2.24) is 0 Å². The monoisotopic (exact) mass is 1040 g/mol. The van der Waals surface area contributed by atoms with Crippen molar-refractivity contribution >= 4 is 77.0 Å². The summed E-state index contributed by atoms with van der Waals surface area (Å²) in [5.41, 5.74) is 26.6. The molecule has 0 fully saturated rings. The van der Waals surface area contributed by atoms with E-state index in [1.165, 1.54) is 143 Å². The Kier molecular flexibility index (Phi) is 11.0. The summed E-state index contributed by atoms with van der Waals surface area (Å²) in [5.74, 6) is 0. The molecule has 3 heteroatoms. The molecule has 0 bridgehead atoms. The fourth-order valence-electron chi connectivity index (χ4n) is 13.7. The van der Waals surface area contributed by atoms with Crippen molar-refractivity contribution in [3.05, 3.63) is 238 Å². The molecular weight excluding hydrogens is 979 g/mol. The van der Waals surface area contributed by atoms with Crippen molar-refractivity contribution < 1.29 is 0 Å². The van der Waals surface area contributed by atoms with E-state index in [0.717, 1.165) is 33.4 Å². The third kappa shape index (κ3) is 7.90. The van der Waals surface area contributed by atoms with Crippen molar-refractivity contribution in [3.8, 4) is 72.8 Å². The van der Waals surface area contributed by atoms with Crippen molar-refractivity contribution in [2.24, 2.45) is 0 Å². The van der Waals surface area contributed by atoms with E-state index >= 15 is 0 Å². The van der Waals surface area contributed by atoms with Crippen molar-refractivity contribution in [3.63, 3.8) is 0 Å². The number of nitriles is 1. The van der Waals surface area contributed by atoms with Gasteiger partial charge in [0.2, 0.25) is 0 Å². The van der Waals surface area contributed by atoms with Crippen LogP contribution in [0.4, 0.5) is 17.1 Å². The molecule has 388 valence electrons. The number of hydrogen-bond donors (Lipinski definition) is 0. The van der Waals surface area contributed by atoms with Crippen molar-refractivity contribution in [1.29, 1.82) is 5.26 Å². The van der Waals surface area contributed by atoms with Gasteiger partial charge in [-0.1, -0.05) is 179 Å². The molecule has 14 rings (SSSR count). The van der Waals surface area contributed by atoms with Crippen LogP contribution in [-0.2, 0) is 10.8 Å². The lowest BCUT2D eigenvalue weighted by Gasteiger charge is -2.29. The van der Waals surface area contributed by atoms with Crippen LogP contribution in [0.1, 0.15) is 80.5 Å². The molecule has 0 spiro atoms. The normalized spacial score (nSPS) is 12.6. The lowest BCUT2D eigenvalue weighted by molar-refractivity contribution is 0.590. The second-order valence-corrected chi connectivity index (χ2v) is 25.1. The second kappa shape index (κ2) is 18.0. The van der Waals surface area contributed by atoms with E-state index in [0.29, 0.717) is 0 Å².